The fourth-order valence-electron chi connectivity index (χ4n) is 2.12. The van der Waals surface area contributed by atoms with Crippen LogP contribution in [0, 0.1) is 12.3 Å². The van der Waals surface area contributed by atoms with Gasteiger partial charge in [0.25, 0.3) is 0 Å². The van der Waals surface area contributed by atoms with Crippen LogP contribution in [0.5, 0.6) is 5.75 Å². The molecule has 0 aliphatic carbocycles. The van der Waals surface area contributed by atoms with Crippen LogP contribution in [0.15, 0.2) is 30.3 Å². The molecule has 0 bridgehead atoms. The van der Waals surface area contributed by atoms with E-state index in [1.807, 2.05) is 30.3 Å². The molecule has 1 fully saturated rings. The van der Waals surface area contributed by atoms with Crippen molar-refractivity contribution in [2.24, 2.45) is 0 Å². The van der Waals surface area contributed by atoms with Crippen molar-refractivity contribution < 1.29 is 4.74 Å². The standard InChI is InChI=1S/C14H17NO/c1-2-10-15-11-6-7-13(15)12-16-14-8-4-3-5-9-14/h1,3-5,8-9,13H,6-7,10-12H2/t13-/m0/s1. The maximum atomic E-state index is 5.76. The lowest BCUT2D eigenvalue weighted by Crippen LogP contribution is -2.34. The minimum Gasteiger partial charge on any atom is -0.492 e. The zero-order valence-electron chi connectivity index (χ0n) is 9.43. The van der Waals surface area contributed by atoms with Crippen LogP contribution in [0.3, 0.4) is 0 Å². The quantitative estimate of drug-likeness (QED) is 0.714. The molecule has 1 atom stereocenters. The van der Waals surface area contributed by atoms with Gasteiger partial charge in [0.05, 0.1) is 6.54 Å². The molecule has 1 aliphatic heterocycles. The van der Waals surface area contributed by atoms with Gasteiger partial charge in [-0.3, -0.25) is 4.90 Å². The van der Waals surface area contributed by atoms with Gasteiger partial charge in [-0.15, -0.1) is 6.42 Å². The molecule has 0 spiro atoms. The predicted molar refractivity (Wildman–Crippen MR) is 65.4 cm³/mol. The molecule has 0 amide bonds. The highest BCUT2D eigenvalue weighted by molar-refractivity contribution is 5.21. The average molecular weight is 215 g/mol. The molecule has 2 rings (SSSR count). The highest BCUT2D eigenvalue weighted by Crippen LogP contribution is 2.18. The Labute approximate surface area is 97.2 Å². The number of benzene rings is 1. The van der Waals surface area contributed by atoms with E-state index in [1.54, 1.807) is 0 Å². The minimum absolute atomic E-state index is 0.483. The molecular weight excluding hydrogens is 198 g/mol. The molecular formula is C14H17NO. The van der Waals surface area contributed by atoms with Crippen LogP contribution in [-0.2, 0) is 0 Å². The highest BCUT2D eigenvalue weighted by Gasteiger charge is 2.23. The van der Waals surface area contributed by atoms with Crippen molar-refractivity contribution in [1.29, 1.82) is 0 Å². The topological polar surface area (TPSA) is 12.5 Å². The second-order valence-electron chi connectivity index (χ2n) is 4.09. The van der Waals surface area contributed by atoms with Gasteiger partial charge in [-0.05, 0) is 31.5 Å². The number of nitrogens with zero attached hydrogens (tertiary/aromatic N) is 1. The van der Waals surface area contributed by atoms with E-state index in [9.17, 15) is 0 Å². The maximum Gasteiger partial charge on any atom is 0.119 e. The van der Waals surface area contributed by atoms with Crippen molar-refractivity contribution in [3.8, 4) is 18.1 Å². The lowest BCUT2D eigenvalue weighted by molar-refractivity contribution is 0.187. The Morgan fingerprint density at radius 3 is 2.94 bits per heavy atom. The summed E-state index contributed by atoms with van der Waals surface area (Å²) in [5.74, 6) is 3.65. The zero-order chi connectivity index (χ0) is 11.2. The third kappa shape index (κ3) is 2.77. The summed E-state index contributed by atoms with van der Waals surface area (Å²) in [7, 11) is 0. The normalized spacial score (nSPS) is 20.6. The number of terminal acetylenes is 1. The van der Waals surface area contributed by atoms with Gasteiger partial charge in [-0.25, -0.2) is 0 Å². The van der Waals surface area contributed by atoms with Crippen LogP contribution in [0.4, 0.5) is 0 Å². The van der Waals surface area contributed by atoms with E-state index in [2.05, 4.69) is 10.8 Å². The number of likely N-dealkylation sites (tertiary alicyclic amines) is 1. The third-order valence-electron chi connectivity index (χ3n) is 2.98. The molecule has 1 aromatic rings. The molecule has 16 heavy (non-hydrogen) atoms. The van der Waals surface area contributed by atoms with E-state index >= 15 is 0 Å². The van der Waals surface area contributed by atoms with Crippen LogP contribution in [-0.4, -0.2) is 30.6 Å². The third-order valence-corrected chi connectivity index (χ3v) is 2.98. The Morgan fingerprint density at radius 2 is 2.19 bits per heavy atom. The lowest BCUT2D eigenvalue weighted by atomic mass is 10.2. The lowest BCUT2D eigenvalue weighted by Gasteiger charge is -2.22. The van der Waals surface area contributed by atoms with E-state index in [1.165, 1.54) is 12.8 Å². The van der Waals surface area contributed by atoms with Crippen molar-refractivity contribution in [3.05, 3.63) is 30.3 Å². The molecule has 0 N–H and O–H groups in total. The summed E-state index contributed by atoms with van der Waals surface area (Å²) in [4.78, 5) is 2.32. The Kier molecular flexibility index (Phi) is 3.85. The van der Waals surface area contributed by atoms with Gasteiger partial charge in [-0.2, -0.15) is 0 Å². The molecule has 0 radical (unpaired) electrons. The van der Waals surface area contributed by atoms with Crippen molar-refractivity contribution in [1.82, 2.24) is 4.90 Å². The average Bonchev–Trinajstić information content (AvgIpc) is 2.76. The zero-order valence-corrected chi connectivity index (χ0v) is 9.43. The first kappa shape index (κ1) is 11.0. The summed E-state index contributed by atoms with van der Waals surface area (Å²) in [6.45, 7) is 2.58. The van der Waals surface area contributed by atoms with Crippen LogP contribution in [0.2, 0.25) is 0 Å². The monoisotopic (exact) mass is 215 g/mol. The molecule has 0 saturated carbocycles. The van der Waals surface area contributed by atoms with E-state index in [0.717, 1.165) is 25.4 Å². The number of ether oxygens (including phenoxy) is 1. The van der Waals surface area contributed by atoms with E-state index in [-0.39, 0.29) is 0 Å². The molecule has 0 aromatic heterocycles. The molecule has 0 unspecified atom stereocenters. The summed E-state index contributed by atoms with van der Waals surface area (Å²) in [5.41, 5.74) is 0. The van der Waals surface area contributed by atoms with E-state index < -0.39 is 0 Å². The number of para-hydroxylation sites is 1. The summed E-state index contributed by atoms with van der Waals surface area (Å²) in [5, 5.41) is 0. The summed E-state index contributed by atoms with van der Waals surface area (Å²) in [6.07, 6.45) is 7.76. The smallest absolute Gasteiger partial charge is 0.119 e. The first-order valence-corrected chi connectivity index (χ1v) is 5.75. The van der Waals surface area contributed by atoms with E-state index in [4.69, 9.17) is 11.2 Å². The number of hydrogen-bond donors (Lipinski definition) is 0. The largest absolute Gasteiger partial charge is 0.492 e. The number of hydrogen-bond acceptors (Lipinski definition) is 2. The second kappa shape index (κ2) is 5.58. The van der Waals surface area contributed by atoms with Crippen LogP contribution >= 0.6 is 0 Å². The molecule has 1 heterocycles. The van der Waals surface area contributed by atoms with E-state index in [0.29, 0.717) is 6.04 Å². The molecule has 1 aliphatic rings. The fourth-order valence-corrected chi connectivity index (χ4v) is 2.12. The van der Waals surface area contributed by atoms with Crippen molar-refractivity contribution >= 4 is 0 Å². The maximum absolute atomic E-state index is 5.76. The molecule has 1 saturated heterocycles. The summed E-state index contributed by atoms with van der Waals surface area (Å²) >= 11 is 0. The summed E-state index contributed by atoms with van der Waals surface area (Å²) < 4.78 is 5.76. The minimum atomic E-state index is 0.483. The Bertz CT molecular complexity index is 355. The second-order valence-corrected chi connectivity index (χ2v) is 4.09. The number of rotatable bonds is 4. The van der Waals surface area contributed by atoms with Gasteiger partial charge in [-0.1, -0.05) is 24.1 Å². The van der Waals surface area contributed by atoms with Gasteiger partial charge in [0.1, 0.15) is 12.4 Å². The van der Waals surface area contributed by atoms with Crippen molar-refractivity contribution in [3.63, 3.8) is 0 Å². The van der Waals surface area contributed by atoms with Crippen LogP contribution in [0.1, 0.15) is 12.8 Å². The first-order valence-electron chi connectivity index (χ1n) is 5.75. The SMILES string of the molecule is C#CCN1CCC[C@H]1COc1ccccc1. The molecule has 2 nitrogen and oxygen atoms in total. The Hall–Kier alpha value is -1.46. The van der Waals surface area contributed by atoms with Crippen LogP contribution < -0.4 is 4.74 Å². The molecule has 2 heteroatoms. The highest BCUT2D eigenvalue weighted by atomic mass is 16.5. The van der Waals surface area contributed by atoms with Gasteiger partial charge >= 0.3 is 0 Å². The first-order chi connectivity index (χ1) is 7.90. The fraction of sp³-hybridized carbons (Fsp3) is 0.429. The van der Waals surface area contributed by atoms with Gasteiger partial charge in [0, 0.05) is 6.04 Å². The van der Waals surface area contributed by atoms with Crippen molar-refractivity contribution in [2.45, 2.75) is 18.9 Å². The predicted octanol–water partition coefficient (Wildman–Crippen LogP) is 2.16. The van der Waals surface area contributed by atoms with Crippen LogP contribution in [0.25, 0.3) is 0 Å². The summed E-state index contributed by atoms with van der Waals surface area (Å²) in [6, 6.07) is 10.4. The van der Waals surface area contributed by atoms with Gasteiger partial charge < -0.3 is 4.74 Å². The molecule has 84 valence electrons. The molecule has 1 aromatic carbocycles. The van der Waals surface area contributed by atoms with Crippen molar-refractivity contribution in [2.75, 3.05) is 19.7 Å². The Morgan fingerprint density at radius 1 is 1.38 bits per heavy atom. The Balaban J connectivity index is 1.84. The van der Waals surface area contributed by atoms with Gasteiger partial charge in [0.2, 0.25) is 0 Å². The van der Waals surface area contributed by atoms with Gasteiger partial charge in [0.15, 0.2) is 0 Å².